The lowest BCUT2D eigenvalue weighted by Crippen LogP contribution is -2.35. The highest BCUT2D eigenvalue weighted by Gasteiger charge is 2.14. The van der Waals surface area contributed by atoms with Crippen LogP contribution in [0, 0.1) is 0 Å². The van der Waals surface area contributed by atoms with Crippen LogP contribution in [-0.2, 0) is 13.0 Å². The highest BCUT2D eigenvalue weighted by atomic mass is 16.5. The van der Waals surface area contributed by atoms with E-state index < -0.39 is 5.69 Å². The first-order valence-corrected chi connectivity index (χ1v) is 11.5. The van der Waals surface area contributed by atoms with Crippen LogP contribution in [0.5, 0.6) is 5.75 Å². The van der Waals surface area contributed by atoms with E-state index in [1.54, 1.807) is 18.2 Å². The van der Waals surface area contributed by atoms with Gasteiger partial charge in [0.15, 0.2) is 0 Å². The molecule has 2 heterocycles. The van der Waals surface area contributed by atoms with E-state index in [0.29, 0.717) is 41.9 Å². The van der Waals surface area contributed by atoms with E-state index in [-0.39, 0.29) is 11.4 Å². The normalized spacial score (nSPS) is 11.1. The zero-order chi connectivity index (χ0) is 24.2. The Morgan fingerprint density at radius 1 is 0.971 bits per heavy atom. The number of aromatic amines is 1. The van der Waals surface area contributed by atoms with Gasteiger partial charge in [-0.05, 0) is 55.7 Å². The van der Waals surface area contributed by atoms with E-state index in [4.69, 9.17) is 9.26 Å². The number of benzene rings is 3. The van der Waals surface area contributed by atoms with E-state index in [1.165, 1.54) is 10.1 Å². The molecule has 0 aliphatic heterocycles. The summed E-state index contributed by atoms with van der Waals surface area (Å²) in [5.41, 5.74) is 2.21. The maximum Gasteiger partial charge on any atom is 0.328 e. The van der Waals surface area contributed by atoms with E-state index in [0.717, 1.165) is 17.7 Å². The maximum atomic E-state index is 13.0. The number of aromatic nitrogens is 4. The minimum atomic E-state index is -0.438. The van der Waals surface area contributed by atoms with Gasteiger partial charge in [0.1, 0.15) is 5.75 Å². The summed E-state index contributed by atoms with van der Waals surface area (Å²) in [5.74, 6) is 1.43. The minimum absolute atomic E-state index is 0.289. The SMILES string of the molecule is CCOc1cccc(-c2noc(-c3ccc4c(=O)n(CCCc5ccccc5)c(=O)[nH]c4c3)n2)c1. The van der Waals surface area contributed by atoms with Gasteiger partial charge in [-0.2, -0.15) is 4.98 Å². The third kappa shape index (κ3) is 4.77. The Morgan fingerprint density at radius 2 is 1.83 bits per heavy atom. The van der Waals surface area contributed by atoms with Crippen LogP contribution >= 0.6 is 0 Å². The molecule has 0 atom stereocenters. The largest absolute Gasteiger partial charge is 0.494 e. The summed E-state index contributed by atoms with van der Waals surface area (Å²) in [7, 11) is 0. The molecule has 2 aromatic heterocycles. The van der Waals surface area contributed by atoms with E-state index >= 15 is 0 Å². The Hall–Kier alpha value is -4.46. The van der Waals surface area contributed by atoms with Crippen molar-refractivity contribution >= 4 is 10.9 Å². The van der Waals surface area contributed by atoms with Gasteiger partial charge in [-0.15, -0.1) is 0 Å². The third-order valence-electron chi connectivity index (χ3n) is 5.75. The number of rotatable bonds is 8. The number of nitrogens with zero attached hydrogens (tertiary/aromatic N) is 3. The van der Waals surface area contributed by atoms with Crippen molar-refractivity contribution in [1.29, 1.82) is 0 Å². The molecule has 0 amide bonds. The first-order chi connectivity index (χ1) is 17.1. The predicted octanol–water partition coefficient (Wildman–Crippen LogP) is 4.44. The van der Waals surface area contributed by atoms with Crippen LogP contribution in [0.2, 0.25) is 0 Å². The summed E-state index contributed by atoms with van der Waals surface area (Å²) >= 11 is 0. The highest BCUT2D eigenvalue weighted by Crippen LogP contribution is 2.26. The molecule has 176 valence electrons. The summed E-state index contributed by atoms with van der Waals surface area (Å²) in [6.45, 7) is 2.82. The van der Waals surface area contributed by atoms with Crippen LogP contribution < -0.4 is 16.0 Å². The molecule has 0 saturated heterocycles. The third-order valence-corrected chi connectivity index (χ3v) is 5.75. The predicted molar refractivity (Wildman–Crippen MR) is 133 cm³/mol. The molecule has 8 heteroatoms. The van der Waals surface area contributed by atoms with E-state index in [9.17, 15) is 9.59 Å². The first-order valence-electron chi connectivity index (χ1n) is 11.5. The molecule has 0 saturated carbocycles. The molecule has 0 spiro atoms. The fourth-order valence-corrected chi connectivity index (χ4v) is 4.03. The fraction of sp³-hybridized carbons (Fsp3) is 0.185. The van der Waals surface area contributed by atoms with Gasteiger partial charge in [-0.3, -0.25) is 9.36 Å². The number of H-pyrrole nitrogens is 1. The number of nitrogens with one attached hydrogen (secondary N) is 1. The molecule has 0 bridgehead atoms. The highest BCUT2D eigenvalue weighted by molar-refractivity contribution is 5.82. The van der Waals surface area contributed by atoms with Crippen LogP contribution in [0.15, 0.2) is 86.9 Å². The second-order valence-corrected chi connectivity index (χ2v) is 8.12. The van der Waals surface area contributed by atoms with Gasteiger partial charge in [0.05, 0.1) is 17.5 Å². The molecule has 0 fully saturated rings. The smallest absolute Gasteiger partial charge is 0.328 e. The average Bonchev–Trinajstić information content (AvgIpc) is 3.37. The second kappa shape index (κ2) is 9.80. The van der Waals surface area contributed by atoms with Crippen LogP contribution in [0.3, 0.4) is 0 Å². The van der Waals surface area contributed by atoms with Crippen LogP contribution in [0.25, 0.3) is 33.7 Å². The van der Waals surface area contributed by atoms with Crippen molar-refractivity contribution in [3.63, 3.8) is 0 Å². The summed E-state index contributed by atoms with van der Waals surface area (Å²) in [6, 6.07) is 22.5. The van der Waals surface area contributed by atoms with Crippen LogP contribution in [0.1, 0.15) is 18.9 Å². The second-order valence-electron chi connectivity index (χ2n) is 8.12. The van der Waals surface area contributed by atoms with Gasteiger partial charge >= 0.3 is 5.69 Å². The number of fused-ring (bicyclic) bond motifs is 1. The lowest BCUT2D eigenvalue weighted by Gasteiger charge is -2.07. The molecule has 5 rings (SSSR count). The lowest BCUT2D eigenvalue weighted by atomic mass is 10.1. The molecular weight excluding hydrogens is 444 g/mol. The van der Waals surface area contributed by atoms with Crippen molar-refractivity contribution in [2.24, 2.45) is 0 Å². The summed E-state index contributed by atoms with van der Waals surface area (Å²) in [5, 5.41) is 4.50. The Balaban J connectivity index is 1.39. The zero-order valence-electron chi connectivity index (χ0n) is 19.2. The standard InChI is InChI=1S/C27H24N4O4/c1-2-34-21-12-6-11-19(16-21)24-29-25(35-30-24)20-13-14-22-23(17-20)28-27(33)31(26(22)32)15-7-10-18-8-4-3-5-9-18/h3-6,8-9,11-14,16-17H,2,7,10,15H2,1H3,(H,28,33). The molecule has 8 nitrogen and oxygen atoms in total. The quantitative estimate of drug-likeness (QED) is 0.361. The molecule has 5 aromatic rings. The summed E-state index contributed by atoms with van der Waals surface area (Å²) in [6.07, 6.45) is 1.47. The molecule has 0 radical (unpaired) electrons. The fourth-order valence-electron chi connectivity index (χ4n) is 4.03. The summed E-state index contributed by atoms with van der Waals surface area (Å²) in [4.78, 5) is 33.0. The Bertz CT molecular complexity index is 1580. The van der Waals surface area contributed by atoms with Gasteiger partial charge in [0.2, 0.25) is 5.82 Å². The van der Waals surface area contributed by atoms with E-state index in [2.05, 4.69) is 15.1 Å². The minimum Gasteiger partial charge on any atom is -0.494 e. The van der Waals surface area contributed by atoms with E-state index in [1.807, 2.05) is 61.5 Å². The van der Waals surface area contributed by atoms with Gasteiger partial charge in [0, 0.05) is 17.7 Å². The van der Waals surface area contributed by atoms with Crippen LogP contribution in [-0.4, -0.2) is 26.3 Å². The Labute approximate surface area is 200 Å². The Morgan fingerprint density at radius 3 is 2.66 bits per heavy atom. The van der Waals surface area contributed by atoms with Crippen molar-refractivity contribution in [3.05, 3.63) is 99.2 Å². The number of hydrogen-bond acceptors (Lipinski definition) is 6. The van der Waals surface area contributed by atoms with Crippen molar-refractivity contribution in [3.8, 4) is 28.6 Å². The molecule has 0 aliphatic carbocycles. The monoisotopic (exact) mass is 468 g/mol. The molecule has 0 aliphatic rings. The topological polar surface area (TPSA) is 103 Å². The molecular formula is C27H24N4O4. The lowest BCUT2D eigenvalue weighted by molar-refractivity contribution is 0.340. The number of hydrogen-bond donors (Lipinski definition) is 1. The van der Waals surface area contributed by atoms with Gasteiger partial charge < -0.3 is 14.2 Å². The molecule has 0 unspecified atom stereocenters. The van der Waals surface area contributed by atoms with Crippen molar-refractivity contribution < 1.29 is 9.26 Å². The average molecular weight is 469 g/mol. The first kappa shape index (κ1) is 22.3. The Kier molecular flexibility index (Phi) is 6.26. The molecule has 1 N–H and O–H groups in total. The maximum absolute atomic E-state index is 13.0. The molecule has 35 heavy (non-hydrogen) atoms. The van der Waals surface area contributed by atoms with Crippen molar-refractivity contribution in [2.75, 3.05) is 6.61 Å². The van der Waals surface area contributed by atoms with Crippen molar-refractivity contribution in [2.45, 2.75) is 26.3 Å². The van der Waals surface area contributed by atoms with Gasteiger partial charge in [0.25, 0.3) is 11.4 Å². The number of aryl methyl sites for hydroxylation is 1. The summed E-state index contributed by atoms with van der Waals surface area (Å²) < 4.78 is 12.2. The number of ether oxygens (including phenoxy) is 1. The zero-order valence-corrected chi connectivity index (χ0v) is 19.2. The van der Waals surface area contributed by atoms with Gasteiger partial charge in [-0.1, -0.05) is 47.6 Å². The molecule has 3 aromatic carbocycles. The van der Waals surface area contributed by atoms with Crippen LogP contribution in [0.4, 0.5) is 0 Å². The van der Waals surface area contributed by atoms with Crippen molar-refractivity contribution in [1.82, 2.24) is 19.7 Å². The van der Waals surface area contributed by atoms with Gasteiger partial charge in [-0.25, -0.2) is 4.79 Å².